The molecule has 6 fully saturated rings. The molecule has 220 valence electrons. The van der Waals surface area contributed by atoms with Crippen molar-refractivity contribution in [2.45, 2.75) is 87.7 Å². The van der Waals surface area contributed by atoms with E-state index in [1.165, 1.54) is 6.08 Å². The molecule has 11 heteroatoms. The topological polar surface area (TPSA) is 105 Å². The van der Waals surface area contributed by atoms with Crippen molar-refractivity contribution in [3.8, 4) is 0 Å². The number of allylic oxidation sites excluding steroid dienone is 1. The Labute approximate surface area is 237 Å². The van der Waals surface area contributed by atoms with Crippen LogP contribution >= 0.6 is 0 Å². The Morgan fingerprint density at radius 1 is 1.18 bits per heavy atom. The fourth-order valence-electron chi connectivity index (χ4n) is 8.33. The van der Waals surface area contributed by atoms with E-state index in [0.29, 0.717) is 36.6 Å². The Balaban J connectivity index is 0.966. The smallest absolute Gasteiger partial charge is 0.246 e. The monoisotopic (exact) mass is 554 g/mol. The number of nitrogens with zero attached hydrogens (tertiary/aromatic N) is 3. The lowest BCUT2D eigenvalue weighted by molar-refractivity contribution is -0.175. The molecule has 10 atom stereocenters. The molecule has 0 aromatic rings. The fraction of sp³-hybridized carbons (Fsp3) is 0.759. The van der Waals surface area contributed by atoms with E-state index in [4.69, 9.17) is 9.47 Å². The maximum Gasteiger partial charge on any atom is 0.246 e. The number of hydrogen-bond donors (Lipinski definition) is 5. The van der Waals surface area contributed by atoms with Crippen molar-refractivity contribution in [2.24, 2.45) is 11.8 Å². The third-order valence-electron chi connectivity index (χ3n) is 10.4. The van der Waals surface area contributed by atoms with Crippen molar-refractivity contribution in [1.82, 2.24) is 41.5 Å². The Hall–Kier alpha value is -1.99. The zero-order valence-corrected chi connectivity index (χ0v) is 23.6. The molecule has 5 N–H and O–H groups in total. The quantitative estimate of drug-likeness (QED) is 0.298. The molecule has 9 unspecified atom stereocenters. The van der Waals surface area contributed by atoms with E-state index in [0.717, 1.165) is 70.8 Å². The molecule has 40 heavy (non-hydrogen) atoms. The first-order valence-corrected chi connectivity index (χ1v) is 15.4. The molecule has 1 amide bonds. The molecule has 5 heterocycles. The number of morpholine rings is 1. The molecule has 7 rings (SSSR count). The largest absolute Gasteiger partial charge is 0.490 e. The summed E-state index contributed by atoms with van der Waals surface area (Å²) in [5, 5.41) is 17.0. The van der Waals surface area contributed by atoms with Crippen LogP contribution < -0.4 is 26.7 Å². The summed E-state index contributed by atoms with van der Waals surface area (Å²) >= 11 is 0. The number of ether oxygens (including phenoxy) is 2. The van der Waals surface area contributed by atoms with E-state index < -0.39 is 0 Å². The second-order valence-electron chi connectivity index (χ2n) is 12.7. The minimum atomic E-state index is 0.0338. The summed E-state index contributed by atoms with van der Waals surface area (Å²) in [4.78, 5) is 16.8. The lowest BCUT2D eigenvalue weighted by atomic mass is 9.74. The zero-order valence-electron chi connectivity index (χ0n) is 23.6. The summed E-state index contributed by atoms with van der Waals surface area (Å²) in [5.41, 5.74) is 3.28. The normalized spacial score (nSPS) is 43.2. The number of rotatable bonds is 5. The minimum Gasteiger partial charge on any atom is -0.490 e. The molecule has 11 nitrogen and oxygen atoms in total. The number of piperazine rings is 1. The van der Waals surface area contributed by atoms with Crippen LogP contribution in [0, 0.1) is 11.8 Å². The van der Waals surface area contributed by atoms with Gasteiger partial charge in [-0.2, -0.15) is 0 Å². The van der Waals surface area contributed by atoms with Gasteiger partial charge in [0.1, 0.15) is 18.0 Å². The van der Waals surface area contributed by atoms with E-state index >= 15 is 0 Å². The fourth-order valence-corrected chi connectivity index (χ4v) is 8.33. The second kappa shape index (κ2) is 11.4. The van der Waals surface area contributed by atoms with Gasteiger partial charge in [0.2, 0.25) is 5.91 Å². The third-order valence-corrected chi connectivity index (χ3v) is 10.4. The van der Waals surface area contributed by atoms with Crippen molar-refractivity contribution < 1.29 is 14.3 Å². The molecule has 0 aromatic heterocycles. The summed E-state index contributed by atoms with van der Waals surface area (Å²) in [6.45, 7) is 10.7. The third kappa shape index (κ3) is 5.10. The van der Waals surface area contributed by atoms with Crippen molar-refractivity contribution in [3.63, 3.8) is 0 Å². The highest BCUT2D eigenvalue weighted by molar-refractivity contribution is 5.87. The van der Waals surface area contributed by atoms with Crippen molar-refractivity contribution in [1.29, 1.82) is 0 Å². The predicted octanol–water partition coefficient (Wildman–Crippen LogP) is -0.0244. The Kier molecular flexibility index (Phi) is 7.63. The van der Waals surface area contributed by atoms with E-state index in [1.807, 2.05) is 4.90 Å². The summed E-state index contributed by atoms with van der Waals surface area (Å²) in [6.07, 6.45) is 14.1. The number of amides is 1. The molecule has 0 aromatic carbocycles. The molecule has 0 bridgehead atoms. The van der Waals surface area contributed by atoms with Crippen LogP contribution in [0.5, 0.6) is 0 Å². The number of hydrazine groups is 1. The van der Waals surface area contributed by atoms with Crippen molar-refractivity contribution >= 4 is 5.91 Å². The minimum absolute atomic E-state index is 0.0338. The summed E-state index contributed by atoms with van der Waals surface area (Å²) in [6, 6.07) is 1.61. The molecule has 5 aliphatic heterocycles. The van der Waals surface area contributed by atoms with Crippen molar-refractivity contribution in [2.75, 3.05) is 39.6 Å². The maximum atomic E-state index is 12.2. The van der Waals surface area contributed by atoms with Gasteiger partial charge in [0, 0.05) is 56.5 Å². The Morgan fingerprint density at radius 3 is 2.98 bits per heavy atom. The average molecular weight is 555 g/mol. The first-order valence-electron chi connectivity index (χ1n) is 15.4. The standard InChI is InChI=1S/C29H46N8O3/c1-3-26(38)35-10-11-36-20(14-35)15-39-28-23(36)6-5-22-27(28)29(32-16-30-22)34-19-4-7-24(18(2)12-19)40-21-8-9-37-25(13-21)31-17-33-37/h3,8-9,13,18-20,22-25,27-34H,1,4-7,10-12,14-17H2,2H3/t18?,19?,20-,22?,23?,24?,25?,27?,28?,29?/m1/s1. The average Bonchev–Trinajstić information content (AvgIpc) is 3.45. The number of carbonyl (C=O) groups is 1. The van der Waals surface area contributed by atoms with Crippen LogP contribution in [-0.2, 0) is 14.3 Å². The number of hydrogen-bond acceptors (Lipinski definition) is 10. The van der Waals surface area contributed by atoms with Gasteiger partial charge in [-0.3, -0.25) is 30.7 Å². The van der Waals surface area contributed by atoms with E-state index in [-0.39, 0.29) is 36.5 Å². The van der Waals surface area contributed by atoms with Gasteiger partial charge < -0.3 is 19.7 Å². The molecular weight excluding hydrogens is 508 g/mol. The Morgan fingerprint density at radius 2 is 2.10 bits per heavy atom. The van der Waals surface area contributed by atoms with Gasteiger partial charge in [-0.15, -0.1) is 0 Å². The molecule has 2 aliphatic carbocycles. The SMILES string of the molecule is C=CC(=O)N1CCN2C3CCC4NCNC(NC5CCC(OC6=CC7NCNN7C=C6)C(C)C5)C4C3OC[C@H]2C1. The molecule has 2 saturated carbocycles. The van der Waals surface area contributed by atoms with Gasteiger partial charge in [-0.05, 0) is 56.3 Å². The van der Waals surface area contributed by atoms with Crippen LogP contribution in [0.2, 0.25) is 0 Å². The summed E-state index contributed by atoms with van der Waals surface area (Å²) < 4.78 is 13.2. The summed E-state index contributed by atoms with van der Waals surface area (Å²) in [5.74, 6) is 1.86. The Bertz CT molecular complexity index is 1020. The van der Waals surface area contributed by atoms with Gasteiger partial charge in [-0.25, -0.2) is 5.43 Å². The van der Waals surface area contributed by atoms with Gasteiger partial charge in [0.15, 0.2) is 0 Å². The van der Waals surface area contributed by atoms with E-state index in [2.05, 4.69) is 68.5 Å². The van der Waals surface area contributed by atoms with Gasteiger partial charge >= 0.3 is 0 Å². The van der Waals surface area contributed by atoms with E-state index in [1.54, 1.807) is 0 Å². The molecule has 7 aliphatic rings. The van der Waals surface area contributed by atoms with E-state index in [9.17, 15) is 4.79 Å². The highest BCUT2D eigenvalue weighted by Crippen LogP contribution is 2.39. The van der Waals surface area contributed by atoms with Crippen molar-refractivity contribution in [3.05, 3.63) is 36.8 Å². The first kappa shape index (κ1) is 26.9. The molecule has 4 saturated heterocycles. The molecular formula is C29H46N8O3. The lowest BCUT2D eigenvalue weighted by Crippen LogP contribution is -2.74. The van der Waals surface area contributed by atoms with Crippen LogP contribution in [0.3, 0.4) is 0 Å². The highest BCUT2D eigenvalue weighted by Gasteiger charge is 2.52. The summed E-state index contributed by atoms with van der Waals surface area (Å²) in [7, 11) is 0. The maximum absolute atomic E-state index is 12.2. The van der Waals surface area contributed by atoms with Crippen LogP contribution in [0.25, 0.3) is 0 Å². The highest BCUT2D eigenvalue weighted by atomic mass is 16.5. The van der Waals surface area contributed by atoms with Gasteiger partial charge in [0.05, 0.1) is 31.6 Å². The zero-order chi connectivity index (χ0) is 27.2. The van der Waals surface area contributed by atoms with Crippen LogP contribution in [0.15, 0.2) is 36.8 Å². The van der Waals surface area contributed by atoms with Crippen LogP contribution in [-0.4, -0.2) is 109 Å². The van der Waals surface area contributed by atoms with Crippen LogP contribution in [0.4, 0.5) is 0 Å². The lowest BCUT2D eigenvalue weighted by Gasteiger charge is -2.58. The first-order chi connectivity index (χ1) is 19.6. The molecule has 0 radical (unpaired) electrons. The van der Waals surface area contributed by atoms with Crippen LogP contribution in [0.1, 0.15) is 39.0 Å². The molecule has 0 spiro atoms. The predicted molar refractivity (Wildman–Crippen MR) is 151 cm³/mol. The van der Waals surface area contributed by atoms with Gasteiger partial charge in [-0.1, -0.05) is 13.5 Å². The number of carbonyl (C=O) groups excluding carboxylic acids is 1. The second-order valence-corrected chi connectivity index (χ2v) is 12.7. The number of fused-ring (bicyclic) bond motifs is 6. The number of nitrogens with one attached hydrogen (secondary N) is 5. The van der Waals surface area contributed by atoms with Gasteiger partial charge in [0.25, 0.3) is 0 Å².